The number of nitrogens with one attached hydrogen (secondary N) is 1. The van der Waals surface area contributed by atoms with Crippen LogP contribution in [-0.4, -0.2) is 53.2 Å². The topological polar surface area (TPSA) is 88.1 Å². The monoisotopic (exact) mass is 401 g/mol. The average molecular weight is 402 g/mol. The van der Waals surface area contributed by atoms with Crippen molar-refractivity contribution in [2.75, 3.05) is 25.0 Å². The van der Waals surface area contributed by atoms with Gasteiger partial charge < -0.3 is 10.2 Å². The van der Waals surface area contributed by atoms with Crippen molar-refractivity contribution in [2.45, 2.75) is 43.7 Å². The number of sulfone groups is 1. The smallest absolute Gasteiger partial charge is 0.223 e. The van der Waals surface area contributed by atoms with Crippen LogP contribution in [-0.2, 0) is 22.1 Å². The summed E-state index contributed by atoms with van der Waals surface area (Å²) in [5.41, 5.74) is 2.69. The highest BCUT2D eigenvalue weighted by Gasteiger charge is 2.47. The molecular formula is C20H27N5O2S. The number of pyridine rings is 1. The third kappa shape index (κ3) is 4.03. The summed E-state index contributed by atoms with van der Waals surface area (Å²) in [4.78, 5) is 15.5. The van der Waals surface area contributed by atoms with Gasteiger partial charge >= 0.3 is 0 Å². The Morgan fingerprint density at radius 2 is 2.14 bits per heavy atom. The van der Waals surface area contributed by atoms with E-state index >= 15 is 0 Å². The van der Waals surface area contributed by atoms with Crippen LogP contribution in [0.1, 0.15) is 43.0 Å². The lowest BCUT2D eigenvalue weighted by Gasteiger charge is -2.26. The van der Waals surface area contributed by atoms with Crippen molar-refractivity contribution in [1.82, 2.24) is 19.9 Å². The van der Waals surface area contributed by atoms with Gasteiger partial charge in [-0.15, -0.1) is 0 Å². The molecule has 4 rings (SSSR count). The summed E-state index contributed by atoms with van der Waals surface area (Å²) in [6.07, 6.45) is 6.30. The lowest BCUT2D eigenvalue weighted by molar-refractivity contribution is 0.310. The van der Waals surface area contributed by atoms with E-state index in [0.29, 0.717) is 25.0 Å². The molecule has 150 valence electrons. The van der Waals surface area contributed by atoms with Crippen molar-refractivity contribution in [3.63, 3.8) is 0 Å². The molecule has 1 N–H and O–H groups in total. The minimum Gasteiger partial charge on any atom is -0.350 e. The highest BCUT2D eigenvalue weighted by Crippen LogP contribution is 2.39. The minimum atomic E-state index is -3.16. The van der Waals surface area contributed by atoms with Gasteiger partial charge in [0.2, 0.25) is 5.95 Å². The molecule has 0 aliphatic carbocycles. The summed E-state index contributed by atoms with van der Waals surface area (Å²) in [5, 5.41) is 2.88. The van der Waals surface area contributed by atoms with Crippen LogP contribution in [0.25, 0.3) is 0 Å². The molecule has 1 saturated heterocycles. The molecule has 0 bridgehead atoms. The van der Waals surface area contributed by atoms with Crippen molar-refractivity contribution in [3.05, 3.63) is 47.5 Å². The first-order chi connectivity index (χ1) is 13.4. The van der Waals surface area contributed by atoms with Gasteiger partial charge in [-0.3, -0.25) is 4.98 Å². The first kappa shape index (κ1) is 19.3. The zero-order valence-corrected chi connectivity index (χ0v) is 17.2. The third-order valence-electron chi connectivity index (χ3n) is 5.61. The van der Waals surface area contributed by atoms with E-state index < -0.39 is 9.84 Å². The van der Waals surface area contributed by atoms with Gasteiger partial charge in [0.1, 0.15) is 0 Å². The molecule has 0 unspecified atom stereocenters. The zero-order valence-electron chi connectivity index (χ0n) is 16.4. The zero-order chi connectivity index (χ0) is 19.7. The molecular weight excluding hydrogens is 374 g/mol. The van der Waals surface area contributed by atoms with Gasteiger partial charge in [0.15, 0.2) is 9.84 Å². The molecule has 8 heteroatoms. The number of rotatable bonds is 6. The molecule has 2 aromatic heterocycles. The number of hydrogen-bond acceptors (Lipinski definition) is 7. The predicted molar refractivity (Wildman–Crippen MR) is 109 cm³/mol. The largest absolute Gasteiger partial charge is 0.350 e. The maximum atomic E-state index is 12.8. The van der Waals surface area contributed by atoms with Crippen molar-refractivity contribution >= 4 is 15.8 Å². The van der Waals surface area contributed by atoms with Crippen LogP contribution in [0, 0.1) is 5.92 Å². The fourth-order valence-corrected chi connectivity index (χ4v) is 6.07. The highest BCUT2D eigenvalue weighted by atomic mass is 32.2. The Hall–Kier alpha value is -2.06. The Kier molecular flexibility index (Phi) is 5.33. The number of nitrogens with zero attached hydrogens (tertiary/aromatic N) is 4. The first-order valence-electron chi connectivity index (χ1n) is 9.85. The molecule has 0 saturated carbocycles. The number of fused-ring (bicyclic) bond motifs is 3. The quantitative estimate of drug-likeness (QED) is 0.794. The lowest BCUT2D eigenvalue weighted by atomic mass is 10.00. The number of hydrogen-bond donors (Lipinski definition) is 1. The first-order valence-corrected chi connectivity index (χ1v) is 11.6. The molecule has 1 fully saturated rings. The van der Waals surface area contributed by atoms with Crippen LogP contribution in [0.2, 0.25) is 0 Å². The van der Waals surface area contributed by atoms with E-state index in [1.807, 2.05) is 12.1 Å². The molecule has 0 radical (unpaired) electrons. The Bertz CT molecular complexity index is 933. The molecule has 0 spiro atoms. The molecule has 7 nitrogen and oxygen atoms in total. The fourth-order valence-electron chi connectivity index (χ4n) is 4.05. The van der Waals surface area contributed by atoms with Crippen LogP contribution in [0.3, 0.4) is 0 Å². The van der Waals surface area contributed by atoms with Gasteiger partial charge in [-0.1, -0.05) is 19.9 Å². The van der Waals surface area contributed by atoms with E-state index in [9.17, 15) is 8.42 Å². The SMILES string of the molecule is CC(C)CCN1C[C@H]2c3nc(NCc4cccnc4)ncc3CS(=O)(=O)[C@H]2C1. The molecule has 2 aliphatic rings. The van der Waals surface area contributed by atoms with E-state index in [2.05, 4.69) is 34.0 Å². The van der Waals surface area contributed by atoms with E-state index in [0.717, 1.165) is 36.3 Å². The second-order valence-electron chi connectivity index (χ2n) is 8.21. The van der Waals surface area contributed by atoms with E-state index in [1.165, 1.54) is 0 Å². The fraction of sp³-hybridized carbons (Fsp3) is 0.550. The second kappa shape index (κ2) is 7.75. The highest BCUT2D eigenvalue weighted by molar-refractivity contribution is 7.91. The minimum absolute atomic E-state index is 0.0460. The molecule has 4 heterocycles. The second-order valence-corrected chi connectivity index (χ2v) is 10.4. The van der Waals surface area contributed by atoms with Crippen molar-refractivity contribution in [3.8, 4) is 0 Å². The third-order valence-corrected chi connectivity index (χ3v) is 7.72. The van der Waals surface area contributed by atoms with Gasteiger partial charge in [-0.25, -0.2) is 18.4 Å². The summed E-state index contributed by atoms with van der Waals surface area (Å²) in [5.74, 6) is 1.13. The lowest BCUT2D eigenvalue weighted by Crippen LogP contribution is -2.35. The predicted octanol–water partition coefficient (Wildman–Crippen LogP) is 2.23. The Labute approximate surface area is 166 Å². The summed E-state index contributed by atoms with van der Waals surface area (Å²) in [7, 11) is -3.16. The van der Waals surface area contributed by atoms with E-state index in [1.54, 1.807) is 18.6 Å². The molecule has 0 amide bonds. The van der Waals surface area contributed by atoms with Crippen LogP contribution in [0.15, 0.2) is 30.7 Å². The summed E-state index contributed by atoms with van der Waals surface area (Å²) >= 11 is 0. The van der Waals surface area contributed by atoms with E-state index in [4.69, 9.17) is 4.98 Å². The molecule has 2 aromatic rings. The maximum Gasteiger partial charge on any atom is 0.223 e. The standard InChI is InChI=1S/C20H27N5O2S/c1-14(2)5-7-25-11-17-18(12-25)28(26,27)13-16-10-23-20(24-19(16)17)22-9-15-4-3-6-21-8-15/h3-4,6,8,10,14,17-18H,5,7,9,11-13H2,1-2H3,(H,22,23,24)/t17-,18+/m1/s1. The number of aromatic nitrogens is 3. The Morgan fingerprint density at radius 1 is 1.29 bits per heavy atom. The van der Waals surface area contributed by atoms with Crippen molar-refractivity contribution < 1.29 is 8.42 Å². The van der Waals surface area contributed by atoms with Crippen LogP contribution in [0.5, 0.6) is 0 Å². The van der Waals surface area contributed by atoms with Crippen LogP contribution >= 0.6 is 0 Å². The normalized spacial score (nSPS) is 23.4. The van der Waals surface area contributed by atoms with Crippen molar-refractivity contribution in [2.24, 2.45) is 5.92 Å². The van der Waals surface area contributed by atoms with Crippen LogP contribution in [0.4, 0.5) is 5.95 Å². The van der Waals surface area contributed by atoms with E-state index in [-0.39, 0.29) is 16.9 Å². The molecule has 0 aromatic carbocycles. The summed E-state index contributed by atoms with van der Waals surface area (Å²) < 4.78 is 25.6. The summed E-state index contributed by atoms with van der Waals surface area (Å²) in [6.45, 7) is 7.28. The van der Waals surface area contributed by atoms with Gasteiger partial charge in [-0.05, 0) is 30.5 Å². The van der Waals surface area contributed by atoms with Gasteiger partial charge in [0.05, 0.1) is 16.7 Å². The molecule has 2 aliphatic heterocycles. The molecule has 28 heavy (non-hydrogen) atoms. The number of likely N-dealkylation sites (tertiary alicyclic amines) is 1. The van der Waals surface area contributed by atoms with Crippen LogP contribution < -0.4 is 5.32 Å². The Balaban J connectivity index is 1.54. The maximum absolute atomic E-state index is 12.8. The van der Waals surface area contributed by atoms with Gasteiger partial charge in [0.25, 0.3) is 0 Å². The number of anilines is 1. The van der Waals surface area contributed by atoms with Crippen molar-refractivity contribution in [1.29, 1.82) is 0 Å². The molecule has 2 atom stereocenters. The Morgan fingerprint density at radius 3 is 2.89 bits per heavy atom. The van der Waals surface area contributed by atoms with Gasteiger partial charge in [0, 0.05) is 49.7 Å². The summed E-state index contributed by atoms with van der Waals surface area (Å²) in [6, 6.07) is 3.88. The average Bonchev–Trinajstić information content (AvgIpc) is 3.11. The van der Waals surface area contributed by atoms with Gasteiger partial charge in [-0.2, -0.15) is 0 Å².